The van der Waals surface area contributed by atoms with Gasteiger partial charge in [-0.1, -0.05) is 25.0 Å². The van der Waals surface area contributed by atoms with Crippen molar-refractivity contribution in [3.63, 3.8) is 0 Å². The normalized spacial score (nSPS) is 29.0. The molecule has 4 aliphatic heterocycles. The zero-order valence-electron chi connectivity index (χ0n) is 30.2. The lowest BCUT2D eigenvalue weighted by atomic mass is 10.0. The Bertz CT molecular complexity index is 1790. The van der Waals surface area contributed by atoms with Crippen molar-refractivity contribution in [1.29, 1.82) is 0 Å². The van der Waals surface area contributed by atoms with E-state index >= 15 is 0 Å². The lowest BCUT2D eigenvalue weighted by Gasteiger charge is -2.30. The van der Waals surface area contributed by atoms with Crippen LogP contribution in [-0.2, 0) is 47.0 Å². The van der Waals surface area contributed by atoms with Gasteiger partial charge in [0.05, 0.1) is 11.8 Å². The highest BCUT2D eigenvalue weighted by atomic mass is 32.2. The summed E-state index contributed by atoms with van der Waals surface area (Å²) in [7, 11) is -3.91. The third-order valence-electron chi connectivity index (χ3n) is 10.5. The van der Waals surface area contributed by atoms with Gasteiger partial charge in [0, 0.05) is 25.4 Å². The third-order valence-corrected chi connectivity index (χ3v) is 12.3. The number of allylic oxidation sites excluding steroid dienone is 1. The maximum Gasteiger partial charge on any atom is 0.410 e. The highest BCUT2D eigenvalue weighted by Gasteiger charge is 2.62. The van der Waals surface area contributed by atoms with E-state index in [9.17, 15) is 32.4 Å². The van der Waals surface area contributed by atoms with E-state index in [4.69, 9.17) is 18.9 Å². The highest BCUT2D eigenvalue weighted by Crippen LogP contribution is 2.46. The van der Waals surface area contributed by atoms with Crippen LogP contribution in [0, 0.1) is 5.92 Å². The van der Waals surface area contributed by atoms with Gasteiger partial charge >= 0.3 is 12.2 Å². The molecule has 16 nitrogen and oxygen atoms in total. The number of sulfonamides is 1. The second-order valence-corrected chi connectivity index (χ2v) is 17.8. The van der Waals surface area contributed by atoms with Crippen molar-refractivity contribution in [2.24, 2.45) is 5.92 Å². The van der Waals surface area contributed by atoms with Gasteiger partial charge in [-0.05, 0) is 82.6 Å². The first kappa shape index (κ1) is 36.8. The molecule has 288 valence electrons. The summed E-state index contributed by atoms with van der Waals surface area (Å²) in [6.07, 6.45) is 5.47. The number of nitrogens with zero attached hydrogens (tertiary/aromatic N) is 2. The Labute approximate surface area is 308 Å². The first-order valence-electron chi connectivity index (χ1n) is 18.3. The number of ether oxygens (including phenoxy) is 4. The fourth-order valence-electron chi connectivity index (χ4n) is 7.43. The number of fused-ring (bicyclic) bond motifs is 4. The molecule has 53 heavy (non-hydrogen) atoms. The van der Waals surface area contributed by atoms with Gasteiger partial charge in [-0.15, -0.1) is 0 Å². The first-order chi connectivity index (χ1) is 25.1. The summed E-state index contributed by atoms with van der Waals surface area (Å²) in [5, 5.41) is 4.86. The van der Waals surface area contributed by atoms with Crippen LogP contribution in [-0.4, -0.2) is 96.0 Å². The van der Waals surface area contributed by atoms with Crippen molar-refractivity contribution in [3.8, 4) is 11.5 Å². The number of hydrogen-bond donors (Lipinski definition) is 3. The van der Waals surface area contributed by atoms with Gasteiger partial charge in [-0.3, -0.25) is 24.0 Å². The Morgan fingerprint density at radius 2 is 1.70 bits per heavy atom. The number of rotatable bonds is 5. The van der Waals surface area contributed by atoms with Crippen LogP contribution in [0.25, 0.3) is 0 Å². The molecule has 3 N–H and O–H groups in total. The van der Waals surface area contributed by atoms with Gasteiger partial charge in [-0.25, -0.2) is 18.0 Å². The summed E-state index contributed by atoms with van der Waals surface area (Å²) >= 11 is 0. The summed E-state index contributed by atoms with van der Waals surface area (Å²) in [6, 6.07) is 1.42. The van der Waals surface area contributed by atoms with Gasteiger partial charge in [-0.2, -0.15) is 0 Å². The molecule has 0 unspecified atom stereocenters. The molecule has 2 aliphatic carbocycles. The number of carbonyl (C=O) groups excluding carboxylic acids is 5. The highest BCUT2D eigenvalue weighted by molar-refractivity contribution is 7.91. The Hall–Kier alpha value is -4.54. The molecule has 7 rings (SSSR count). The Kier molecular flexibility index (Phi) is 9.74. The van der Waals surface area contributed by atoms with E-state index in [0.29, 0.717) is 37.2 Å². The number of amides is 5. The molecule has 3 fully saturated rings. The second kappa shape index (κ2) is 14.0. The molecule has 1 aromatic carbocycles. The van der Waals surface area contributed by atoms with Crippen molar-refractivity contribution in [3.05, 3.63) is 35.4 Å². The van der Waals surface area contributed by atoms with Crippen molar-refractivity contribution in [2.75, 3.05) is 13.3 Å². The maximum absolute atomic E-state index is 14.4. The first-order valence-corrected chi connectivity index (χ1v) is 19.9. The molecule has 6 aliphatic rings. The second-order valence-electron chi connectivity index (χ2n) is 15.8. The maximum atomic E-state index is 14.4. The molecule has 0 spiro atoms. The van der Waals surface area contributed by atoms with Crippen LogP contribution < -0.4 is 24.8 Å². The molecule has 0 bridgehead atoms. The largest absolute Gasteiger partial charge is 0.454 e. The molecule has 1 saturated heterocycles. The van der Waals surface area contributed by atoms with Crippen LogP contribution in [0.3, 0.4) is 0 Å². The minimum absolute atomic E-state index is 0.0855. The van der Waals surface area contributed by atoms with Crippen LogP contribution in [0.2, 0.25) is 0 Å². The number of nitrogens with one attached hydrogen (secondary N) is 3. The zero-order chi connectivity index (χ0) is 37.7. The van der Waals surface area contributed by atoms with Crippen LogP contribution in [0.1, 0.15) is 89.7 Å². The van der Waals surface area contributed by atoms with Crippen LogP contribution in [0.15, 0.2) is 24.3 Å². The van der Waals surface area contributed by atoms with E-state index in [0.717, 1.165) is 24.0 Å². The smallest absolute Gasteiger partial charge is 0.410 e. The molecule has 1 aromatic rings. The Morgan fingerprint density at radius 3 is 2.36 bits per heavy atom. The van der Waals surface area contributed by atoms with Crippen molar-refractivity contribution < 1.29 is 51.3 Å². The zero-order valence-corrected chi connectivity index (χ0v) is 31.0. The van der Waals surface area contributed by atoms with Gasteiger partial charge in [0.25, 0.3) is 5.91 Å². The van der Waals surface area contributed by atoms with E-state index in [-0.39, 0.29) is 45.7 Å². The average molecular weight is 758 g/mol. The van der Waals surface area contributed by atoms with Gasteiger partial charge in [0.1, 0.15) is 29.3 Å². The summed E-state index contributed by atoms with van der Waals surface area (Å²) < 4.78 is 50.1. The lowest BCUT2D eigenvalue weighted by Crippen LogP contribution is -2.58. The van der Waals surface area contributed by atoms with Crippen LogP contribution >= 0.6 is 0 Å². The monoisotopic (exact) mass is 757 g/mol. The molecule has 0 radical (unpaired) electrons. The molecular weight excluding hydrogens is 710 g/mol. The molecule has 5 amide bonds. The molecule has 4 heterocycles. The SMILES string of the molecule is CC(C)(C)OC(=O)N[C@H]1CCCCC/C=C\[C@@H]2C[C@@]2(C(=O)NS(=O)(=O)C2CC2)NC(=O)[C@@H]2C[C@@H](OC(=O)N3Cc4cc5c(cc4C3)OCO5)CN2C1=O. The van der Waals surface area contributed by atoms with Crippen LogP contribution in [0.4, 0.5) is 9.59 Å². The fourth-order valence-corrected chi connectivity index (χ4v) is 8.79. The van der Waals surface area contributed by atoms with Gasteiger partial charge in [0.15, 0.2) is 11.5 Å². The lowest BCUT2D eigenvalue weighted by molar-refractivity contribution is -0.141. The van der Waals surface area contributed by atoms with E-state index in [1.807, 2.05) is 24.3 Å². The molecule has 0 aromatic heterocycles. The van der Waals surface area contributed by atoms with Crippen LogP contribution in [0.5, 0.6) is 11.5 Å². The van der Waals surface area contributed by atoms with Crippen molar-refractivity contribution in [1.82, 2.24) is 25.2 Å². The van der Waals surface area contributed by atoms with Gasteiger partial charge < -0.3 is 34.5 Å². The van der Waals surface area contributed by atoms with E-state index in [1.165, 1.54) is 9.80 Å². The number of benzene rings is 1. The predicted octanol–water partition coefficient (Wildman–Crippen LogP) is 2.73. The molecule has 17 heteroatoms. The fraction of sp³-hybridized carbons (Fsp3) is 0.639. The third kappa shape index (κ3) is 8.04. The van der Waals surface area contributed by atoms with E-state index < -0.39 is 80.4 Å². The van der Waals surface area contributed by atoms with Crippen molar-refractivity contribution >= 4 is 39.9 Å². The quantitative estimate of drug-likeness (QED) is 0.374. The summed E-state index contributed by atoms with van der Waals surface area (Å²) in [6.45, 7) is 5.64. The van der Waals surface area contributed by atoms with E-state index in [2.05, 4.69) is 15.4 Å². The molecular formula is C36H47N5O11S. The summed E-state index contributed by atoms with van der Waals surface area (Å²) in [4.78, 5) is 71.5. The summed E-state index contributed by atoms with van der Waals surface area (Å²) in [5.74, 6) is -1.34. The standard InChI is InChI=1S/C36H47N5O11S/c1-35(2,3)52-33(45)37-26-10-8-6-4-5-7-9-23-16-36(23,32(44)39-53(47,48)25-11-12-25)38-30(42)27-15-24(19-41(27)31(26)43)51-34(46)40-17-21-13-28-29(50-20-49-28)14-22(21)18-40/h7,9,13-14,23-27H,4-6,8,10-12,15-20H2,1-3H3,(H,37,45)(H,38,42)(H,39,44)/b9-7-/t23-,24-,26+,27+,36-/m1/s1. The Balaban J connectivity index is 1.12. The number of alkyl carbamates (subject to hydrolysis) is 1. The Morgan fingerprint density at radius 1 is 1.00 bits per heavy atom. The topological polar surface area (TPSA) is 199 Å². The number of carbonyl (C=O) groups is 5. The summed E-state index contributed by atoms with van der Waals surface area (Å²) in [5.41, 5.74) is -0.595. The minimum atomic E-state index is -3.91. The minimum Gasteiger partial charge on any atom is -0.454 e. The van der Waals surface area contributed by atoms with Crippen molar-refractivity contribution in [2.45, 2.75) is 126 Å². The molecule has 2 saturated carbocycles. The average Bonchev–Trinajstić information content (AvgIpc) is 3.89. The van der Waals surface area contributed by atoms with Gasteiger partial charge in [0.2, 0.25) is 28.6 Å². The molecule has 5 atom stereocenters. The predicted molar refractivity (Wildman–Crippen MR) is 187 cm³/mol. The van der Waals surface area contributed by atoms with E-state index in [1.54, 1.807) is 20.8 Å². The number of hydrogen-bond acceptors (Lipinski definition) is 11.